The number of aromatic nitrogens is 1. The monoisotopic (exact) mass is 520 g/mol. The van der Waals surface area contributed by atoms with Crippen molar-refractivity contribution in [3.8, 4) is 0 Å². The average Bonchev–Trinajstić information content (AvgIpc) is 3.14. The van der Waals surface area contributed by atoms with Crippen molar-refractivity contribution in [1.29, 1.82) is 0 Å². The maximum Gasteiger partial charge on any atom is 0.220 e. The van der Waals surface area contributed by atoms with Crippen LogP contribution in [-0.2, 0) is 16.8 Å². The van der Waals surface area contributed by atoms with Crippen LogP contribution in [0.15, 0.2) is 15.6 Å². The summed E-state index contributed by atoms with van der Waals surface area (Å²) in [6.45, 7) is 10.7. The Bertz CT molecular complexity index is 648. The number of aliphatic imine (C=N–C) groups is 1. The van der Waals surface area contributed by atoms with Crippen LogP contribution >= 0.6 is 24.0 Å². The van der Waals surface area contributed by atoms with Crippen LogP contribution in [0, 0.1) is 5.92 Å². The number of carbonyl (C=O) groups excluding carboxylic acids is 1. The summed E-state index contributed by atoms with van der Waals surface area (Å²) in [5.41, 5.74) is 5.34. The van der Waals surface area contributed by atoms with E-state index in [0.717, 1.165) is 63.6 Å². The molecule has 2 rings (SSSR count). The van der Waals surface area contributed by atoms with Gasteiger partial charge in [0.15, 0.2) is 5.96 Å². The predicted octanol–water partition coefficient (Wildman–Crippen LogP) is 2.23. The van der Waals surface area contributed by atoms with E-state index in [1.807, 2.05) is 0 Å². The van der Waals surface area contributed by atoms with Crippen LogP contribution in [0.3, 0.4) is 0 Å². The largest absolute Gasteiger partial charge is 0.443 e. The third kappa shape index (κ3) is 8.90. The molecular weight excluding hydrogens is 483 g/mol. The van der Waals surface area contributed by atoms with Crippen LogP contribution in [0.25, 0.3) is 0 Å². The Kier molecular flexibility index (Phi) is 10.9. The quantitative estimate of drug-likeness (QED) is 0.210. The van der Waals surface area contributed by atoms with Crippen molar-refractivity contribution in [1.82, 2.24) is 20.5 Å². The van der Waals surface area contributed by atoms with Gasteiger partial charge in [-0.15, -0.1) is 24.0 Å². The molecule has 1 aliphatic heterocycles. The summed E-state index contributed by atoms with van der Waals surface area (Å²) in [6, 6.07) is 0. The molecule has 29 heavy (non-hydrogen) atoms. The maximum absolute atomic E-state index is 11.2. The molecule has 0 unspecified atom stereocenters. The molecule has 1 aromatic rings. The molecule has 166 valence electrons. The summed E-state index contributed by atoms with van der Waals surface area (Å²) in [5.74, 6) is 2.20. The molecule has 4 N–H and O–H groups in total. The molecule has 1 aromatic heterocycles. The molecule has 9 heteroatoms. The second-order valence-electron chi connectivity index (χ2n) is 8.45. The molecule has 0 aromatic carbocycles. The molecule has 0 radical (unpaired) electrons. The average molecular weight is 520 g/mol. The van der Waals surface area contributed by atoms with E-state index in [2.05, 4.69) is 46.3 Å². The zero-order chi connectivity index (χ0) is 20.6. The van der Waals surface area contributed by atoms with Crippen molar-refractivity contribution in [3.05, 3.63) is 17.8 Å². The fourth-order valence-electron chi connectivity index (χ4n) is 3.23. The summed E-state index contributed by atoms with van der Waals surface area (Å²) in [7, 11) is 1.76. The topological polar surface area (TPSA) is 109 Å². The van der Waals surface area contributed by atoms with E-state index in [0.29, 0.717) is 12.4 Å². The number of hydrogen-bond acceptors (Lipinski definition) is 5. The highest BCUT2D eigenvalue weighted by molar-refractivity contribution is 14.0. The van der Waals surface area contributed by atoms with E-state index in [1.54, 1.807) is 13.2 Å². The molecule has 8 nitrogen and oxygen atoms in total. The van der Waals surface area contributed by atoms with Crippen LogP contribution in [0.1, 0.15) is 58.1 Å². The van der Waals surface area contributed by atoms with Crippen LogP contribution in [0.4, 0.5) is 0 Å². The number of piperidine rings is 1. The lowest BCUT2D eigenvalue weighted by atomic mass is 9.94. The number of halogens is 1. The Morgan fingerprint density at radius 1 is 1.31 bits per heavy atom. The summed E-state index contributed by atoms with van der Waals surface area (Å²) in [4.78, 5) is 22.2. The summed E-state index contributed by atoms with van der Waals surface area (Å²) in [6.07, 6.45) is 5.74. The van der Waals surface area contributed by atoms with Crippen molar-refractivity contribution < 1.29 is 9.21 Å². The second kappa shape index (κ2) is 12.4. The van der Waals surface area contributed by atoms with Crippen LogP contribution in [0.2, 0.25) is 0 Å². The molecule has 1 aliphatic rings. The molecule has 0 aliphatic carbocycles. The van der Waals surface area contributed by atoms with Gasteiger partial charge in [-0.05, 0) is 45.3 Å². The van der Waals surface area contributed by atoms with Gasteiger partial charge < -0.3 is 25.7 Å². The Morgan fingerprint density at radius 2 is 2.00 bits per heavy atom. The standard InChI is InChI=1S/C20H36N6O2.HI/c1-20(2,3)16-13-24-17(28-16)14-25-19(22-4)23-9-5-6-10-26-11-7-15(8-12-26)18(21)27;/h13,15H,5-12,14H2,1-4H3,(H2,21,27)(H2,22,23,25);1H. The minimum Gasteiger partial charge on any atom is -0.443 e. The number of nitrogens with one attached hydrogen (secondary N) is 2. The number of nitrogens with zero attached hydrogens (tertiary/aromatic N) is 3. The van der Waals surface area contributed by atoms with Crippen molar-refractivity contribution in [2.45, 2.75) is 58.4 Å². The van der Waals surface area contributed by atoms with Crippen molar-refractivity contribution in [3.63, 3.8) is 0 Å². The Labute approximate surface area is 191 Å². The number of nitrogens with two attached hydrogens (primary N) is 1. The van der Waals surface area contributed by atoms with E-state index in [9.17, 15) is 4.79 Å². The SMILES string of the molecule is CN=C(NCCCCN1CCC(C(N)=O)CC1)NCc1ncc(C(C)(C)C)o1.I. The molecule has 1 fully saturated rings. The summed E-state index contributed by atoms with van der Waals surface area (Å²) >= 11 is 0. The van der Waals surface area contributed by atoms with E-state index in [1.165, 1.54) is 0 Å². The molecule has 0 atom stereocenters. The van der Waals surface area contributed by atoms with E-state index in [-0.39, 0.29) is 41.2 Å². The Morgan fingerprint density at radius 3 is 2.55 bits per heavy atom. The molecule has 1 amide bonds. The highest BCUT2D eigenvalue weighted by atomic mass is 127. The number of likely N-dealkylation sites (tertiary alicyclic amines) is 1. The number of carbonyl (C=O) groups is 1. The fourth-order valence-corrected chi connectivity index (χ4v) is 3.23. The number of unbranched alkanes of at least 4 members (excludes halogenated alkanes) is 1. The number of rotatable bonds is 8. The molecule has 0 bridgehead atoms. The lowest BCUT2D eigenvalue weighted by molar-refractivity contribution is -0.123. The first-order valence-corrected chi connectivity index (χ1v) is 10.2. The van der Waals surface area contributed by atoms with Crippen LogP contribution in [0.5, 0.6) is 0 Å². The minimum absolute atomic E-state index is 0. The summed E-state index contributed by atoms with van der Waals surface area (Å²) < 4.78 is 5.78. The van der Waals surface area contributed by atoms with Crippen molar-refractivity contribution in [2.24, 2.45) is 16.6 Å². The highest BCUT2D eigenvalue weighted by Gasteiger charge is 2.22. The zero-order valence-electron chi connectivity index (χ0n) is 18.2. The lowest BCUT2D eigenvalue weighted by Crippen LogP contribution is -2.39. The molecular formula is C20H37IN6O2. The van der Waals surface area contributed by atoms with Gasteiger partial charge in [-0.25, -0.2) is 4.98 Å². The highest BCUT2D eigenvalue weighted by Crippen LogP contribution is 2.22. The summed E-state index contributed by atoms with van der Waals surface area (Å²) in [5, 5.41) is 6.56. The number of oxazole rings is 1. The molecule has 1 saturated heterocycles. The zero-order valence-corrected chi connectivity index (χ0v) is 20.5. The number of guanidine groups is 1. The van der Waals surface area contributed by atoms with Gasteiger partial charge in [0, 0.05) is 24.9 Å². The number of primary amides is 1. The van der Waals surface area contributed by atoms with Gasteiger partial charge in [0.25, 0.3) is 0 Å². The van der Waals surface area contributed by atoms with Gasteiger partial charge in [-0.2, -0.15) is 0 Å². The van der Waals surface area contributed by atoms with Crippen molar-refractivity contribution in [2.75, 3.05) is 33.2 Å². The Balaban J connectivity index is 0.00000420. The van der Waals surface area contributed by atoms with Crippen molar-refractivity contribution >= 4 is 35.8 Å². The van der Waals surface area contributed by atoms with E-state index in [4.69, 9.17) is 10.2 Å². The predicted molar refractivity (Wildman–Crippen MR) is 126 cm³/mol. The third-order valence-corrected chi connectivity index (χ3v) is 5.11. The normalized spacial score (nSPS) is 16.3. The molecule has 2 heterocycles. The smallest absolute Gasteiger partial charge is 0.220 e. The lowest BCUT2D eigenvalue weighted by Gasteiger charge is -2.30. The van der Waals surface area contributed by atoms with E-state index < -0.39 is 0 Å². The second-order valence-corrected chi connectivity index (χ2v) is 8.45. The fraction of sp³-hybridized carbons (Fsp3) is 0.750. The maximum atomic E-state index is 11.2. The first kappa shape index (κ1) is 25.7. The van der Waals surface area contributed by atoms with Gasteiger partial charge in [-0.3, -0.25) is 9.79 Å². The van der Waals surface area contributed by atoms with E-state index >= 15 is 0 Å². The number of amides is 1. The van der Waals surface area contributed by atoms with Gasteiger partial charge in [0.05, 0.1) is 12.7 Å². The molecule has 0 saturated carbocycles. The van der Waals surface area contributed by atoms with Crippen LogP contribution in [-0.4, -0.2) is 55.0 Å². The van der Waals surface area contributed by atoms with Gasteiger partial charge >= 0.3 is 0 Å². The van der Waals surface area contributed by atoms with Gasteiger partial charge in [0.2, 0.25) is 11.8 Å². The minimum atomic E-state index is -0.151. The number of hydrogen-bond donors (Lipinski definition) is 3. The first-order chi connectivity index (χ1) is 13.3. The van der Waals surface area contributed by atoms with Gasteiger partial charge in [-0.1, -0.05) is 20.8 Å². The Hall–Kier alpha value is -1.36. The first-order valence-electron chi connectivity index (χ1n) is 10.2. The molecule has 0 spiro atoms. The van der Waals surface area contributed by atoms with Gasteiger partial charge in [0.1, 0.15) is 5.76 Å². The third-order valence-electron chi connectivity index (χ3n) is 5.11. The van der Waals surface area contributed by atoms with Crippen LogP contribution < -0.4 is 16.4 Å².